The molecule has 3 amide bonds. The maximum Gasteiger partial charge on any atom is 0.244 e. The molecule has 0 aromatic heterocycles. The minimum absolute atomic E-state index is 0.120. The Morgan fingerprint density at radius 3 is 2.48 bits per heavy atom. The fourth-order valence-electron chi connectivity index (χ4n) is 1.80. The molecule has 124 valence electrons. The largest absolute Gasteiger partial charge is 0.355 e. The number of benzene rings is 1. The first kappa shape index (κ1) is 18.4. The van der Waals surface area contributed by atoms with Crippen LogP contribution >= 0.6 is 0 Å². The van der Waals surface area contributed by atoms with Crippen LogP contribution in [0.5, 0.6) is 0 Å². The minimum Gasteiger partial charge on any atom is -0.355 e. The van der Waals surface area contributed by atoms with Gasteiger partial charge in [-0.05, 0) is 25.5 Å². The second-order valence-electron chi connectivity index (χ2n) is 4.97. The summed E-state index contributed by atoms with van der Waals surface area (Å²) in [6.07, 6.45) is 3.24. The van der Waals surface area contributed by atoms with Gasteiger partial charge in [-0.2, -0.15) is 0 Å². The monoisotopic (exact) mass is 317 g/mol. The zero-order chi connectivity index (χ0) is 17.1. The molecule has 3 N–H and O–H groups in total. The minimum atomic E-state index is -0.587. The first-order valence-corrected chi connectivity index (χ1v) is 7.61. The van der Waals surface area contributed by atoms with Gasteiger partial charge in [0.2, 0.25) is 17.7 Å². The fraction of sp³-hybridized carbons (Fsp3) is 0.353. The predicted molar refractivity (Wildman–Crippen MR) is 89.4 cm³/mol. The maximum absolute atomic E-state index is 11.7. The zero-order valence-electron chi connectivity index (χ0n) is 13.5. The van der Waals surface area contributed by atoms with Gasteiger partial charge in [0.1, 0.15) is 6.04 Å². The topological polar surface area (TPSA) is 87.3 Å². The van der Waals surface area contributed by atoms with Crippen molar-refractivity contribution in [3.8, 4) is 0 Å². The molecule has 0 aliphatic heterocycles. The molecule has 0 bridgehead atoms. The Kier molecular flexibility index (Phi) is 8.13. The van der Waals surface area contributed by atoms with Crippen LogP contribution in [0, 0.1) is 0 Å². The standard InChI is InChI=1S/C17H23N3O3/c1-3-18-17(23)13(2)20-16(22)11-12-19-15(21)10-9-14-7-5-4-6-8-14/h4-10,13H,3,11-12H2,1-2H3,(H,18,23)(H,19,21)(H,20,22)/b10-9+/t13-/m0/s1. The van der Waals surface area contributed by atoms with Gasteiger partial charge in [-0.3, -0.25) is 14.4 Å². The van der Waals surface area contributed by atoms with E-state index in [9.17, 15) is 14.4 Å². The van der Waals surface area contributed by atoms with Crippen molar-refractivity contribution in [1.29, 1.82) is 0 Å². The van der Waals surface area contributed by atoms with E-state index in [0.717, 1.165) is 5.56 Å². The van der Waals surface area contributed by atoms with Crippen LogP contribution in [0.4, 0.5) is 0 Å². The van der Waals surface area contributed by atoms with E-state index >= 15 is 0 Å². The third-order valence-corrected chi connectivity index (χ3v) is 3.00. The van der Waals surface area contributed by atoms with E-state index in [1.807, 2.05) is 37.3 Å². The molecule has 0 aliphatic rings. The highest BCUT2D eigenvalue weighted by Crippen LogP contribution is 2.00. The number of rotatable bonds is 8. The third-order valence-electron chi connectivity index (χ3n) is 3.00. The van der Waals surface area contributed by atoms with Crippen molar-refractivity contribution in [2.24, 2.45) is 0 Å². The Hall–Kier alpha value is -2.63. The SMILES string of the molecule is CCNC(=O)[C@H](C)NC(=O)CCNC(=O)/C=C/c1ccccc1. The average molecular weight is 317 g/mol. The fourth-order valence-corrected chi connectivity index (χ4v) is 1.80. The van der Waals surface area contributed by atoms with E-state index in [1.165, 1.54) is 6.08 Å². The molecule has 6 heteroatoms. The Balaban J connectivity index is 2.25. The number of carbonyl (C=O) groups excluding carboxylic acids is 3. The second kappa shape index (κ2) is 10.2. The van der Waals surface area contributed by atoms with E-state index in [-0.39, 0.29) is 30.7 Å². The molecule has 1 atom stereocenters. The highest BCUT2D eigenvalue weighted by molar-refractivity contribution is 5.92. The molecule has 0 aliphatic carbocycles. The van der Waals surface area contributed by atoms with Crippen LogP contribution in [-0.2, 0) is 14.4 Å². The first-order valence-electron chi connectivity index (χ1n) is 7.61. The summed E-state index contributed by atoms with van der Waals surface area (Å²) in [5.74, 6) is -0.773. The molecule has 0 saturated carbocycles. The van der Waals surface area contributed by atoms with Gasteiger partial charge in [-0.15, -0.1) is 0 Å². The lowest BCUT2D eigenvalue weighted by Gasteiger charge is -2.13. The zero-order valence-corrected chi connectivity index (χ0v) is 13.5. The average Bonchev–Trinajstić information content (AvgIpc) is 2.54. The van der Waals surface area contributed by atoms with Crippen LogP contribution in [0.25, 0.3) is 6.08 Å². The highest BCUT2D eigenvalue weighted by Gasteiger charge is 2.14. The summed E-state index contributed by atoms with van der Waals surface area (Å²) in [6, 6.07) is 8.86. The van der Waals surface area contributed by atoms with Gasteiger partial charge >= 0.3 is 0 Å². The van der Waals surface area contributed by atoms with Crippen LogP contribution in [0.2, 0.25) is 0 Å². The summed E-state index contributed by atoms with van der Waals surface area (Å²) in [5, 5.41) is 7.82. The number of hydrogen-bond donors (Lipinski definition) is 3. The smallest absolute Gasteiger partial charge is 0.244 e. The number of hydrogen-bond acceptors (Lipinski definition) is 3. The number of amides is 3. The van der Waals surface area contributed by atoms with Gasteiger partial charge in [0, 0.05) is 25.6 Å². The quantitative estimate of drug-likeness (QED) is 0.621. The van der Waals surface area contributed by atoms with E-state index in [4.69, 9.17) is 0 Å². The van der Waals surface area contributed by atoms with Crippen molar-refractivity contribution in [3.05, 3.63) is 42.0 Å². The van der Waals surface area contributed by atoms with Crippen molar-refractivity contribution in [2.75, 3.05) is 13.1 Å². The Bertz CT molecular complexity index is 555. The van der Waals surface area contributed by atoms with Crippen molar-refractivity contribution >= 4 is 23.8 Å². The van der Waals surface area contributed by atoms with Crippen LogP contribution in [0.3, 0.4) is 0 Å². The molecule has 0 heterocycles. The molecule has 1 rings (SSSR count). The van der Waals surface area contributed by atoms with E-state index in [2.05, 4.69) is 16.0 Å². The normalized spacial score (nSPS) is 11.7. The Morgan fingerprint density at radius 2 is 1.83 bits per heavy atom. The highest BCUT2D eigenvalue weighted by atomic mass is 16.2. The maximum atomic E-state index is 11.7. The summed E-state index contributed by atoms with van der Waals surface area (Å²) in [4.78, 5) is 34.8. The van der Waals surface area contributed by atoms with Crippen LogP contribution < -0.4 is 16.0 Å². The summed E-state index contributed by atoms with van der Waals surface area (Å²) in [7, 11) is 0. The number of nitrogens with one attached hydrogen (secondary N) is 3. The number of carbonyl (C=O) groups is 3. The summed E-state index contributed by atoms with van der Waals surface area (Å²) < 4.78 is 0. The Morgan fingerprint density at radius 1 is 1.13 bits per heavy atom. The van der Waals surface area contributed by atoms with Crippen molar-refractivity contribution in [3.63, 3.8) is 0 Å². The van der Waals surface area contributed by atoms with Gasteiger partial charge < -0.3 is 16.0 Å². The lowest BCUT2D eigenvalue weighted by atomic mass is 10.2. The Labute approximate surface area is 136 Å². The second-order valence-corrected chi connectivity index (χ2v) is 4.97. The molecule has 6 nitrogen and oxygen atoms in total. The van der Waals surface area contributed by atoms with E-state index < -0.39 is 6.04 Å². The summed E-state index contributed by atoms with van der Waals surface area (Å²) >= 11 is 0. The van der Waals surface area contributed by atoms with E-state index in [1.54, 1.807) is 13.0 Å². The van der Waals surface area contributed by atoms with Crippen LogP contribution in [0.1, 0.15) is 25.8 Å². The third kappa shape index (κ3) is 7.80. The van der Waals surface area contributed by atoms with Gasteiger partial charge in [0.15, 0.2) is 0 Å². The molecule has 1 aromatic rings. The molecule has 1 aromatic carbocycles. The summed E-state index contributed by atoms with van der Waals surface area (Å²) in [5.41, 5.74) is 0.927. The molecule has 0 unspecified atom stereocenters. The predicted octanol–water partition coefficient (Wildman–Crippen LogP) is 0.847. The van der Waals surface area contributed by atoms with E-state index in [0.29, 0.717) is 6.54 Å². The first-order chi connectivity index (χ1) is 11.0. The van der Waals surface area contributed by atoms with Crippen molar-refractivity contribution in [1.82, 2.24) is 16.0 Å². The van der Waals surface area contributed by atoms with Crippen molar-refractivity contribution < 1.29 is 14.4 Å². The molecule has 0 saturated heterocycles. The lowest BCUT2D eigenvalue weighted by molar-refractivity contribution is -0.128. The van der Waals surface area contributed by atoms with Crippen LogP contribution in [-0.4, -0.2) is 36.9 Å². The molecule has 0 spiro atoms. The molecular weight excluding hydrogens is 294 g/mol. The van der Waals surface area contributed by atoms with Gasteiger partial charge in [0.05, 0.1) is 0 Å². The molecule has 0 radical (unpaired) electrons. The number of likely N-dealkylation sites (N-methyl/N-ethyl adjacent to an activating group) is 1. The van der Waals surface area contributed by atoms with Crippen LogP contribution in [0.15, 0.2) is 36.4 Å². The summed E-state index contributed by atoms with van der Waals surface area (Å²) in [6.45, 7) is 4.16. The van der Waals surface area contributed by atoms with Gasteiger partial charge in [0.25, 0.3) is 0 Å². The molecule has 0 fully saturated rings. The lowest BCUT2D eigenvalue weighted by Crippen LogP contribution is -2.45. The van der Waals surface area contributed by atoms with Crippen molar-refractivity contribution in [2.45, 2.75) is 26.3 Å². The van der Waals surface area contributed by atoms with Gasteiger partial charge in [-0.1, -0.05) is 30.3 Å². The molecular formula is C17H23N3O3. The van der Waals surface area contributed by atoms with Gasteiger partial charge in [-0.25, -0.2) is 0 Å². The molecule has 23 heavy (non-hydrogen) atoms.